The number of anilines is 2. The van der Waals surface area contributed by atoms with E-state index in [-0.39, 0.29) is 29.7 Å². The summed E-state index contributed by atoms with van der Waals surface area (Å²) >= 11 is 0. The normalized spacial score (nSPS) is 11.7. The van der Waals surface area contributed by atoms with Crippen molar-refractivity contribution >= 4 is 61.0 Å². The van der Waals surface area contributed by atoms with Gasteiger partial charge in [-0.1, -0.05) is 51.9 Å². The van der Waals surface area contributed by atoms with Gasteiger partial charge in [-0.05, 0) is 108 Å². The van der Waals surface area contributed by atoms with E-state index in [1.54, 1.807) is 29.1 Å². The Kier molecular flexibility index (Phi) is 27.4. The number of rotatable bonds is 33. The molecule has 0 aliphatic carbocycles. The summed E-state index contributed by atoms with van der Waals surface area (Å²) < 4.78 is 16.5. The maximum absolute atomic E-state index is 12.4. The average molecular weight is 979 g/mol. The van der Waals surface area contributed by atoms with Crippen LogP contribution < -0.4 is 53.9 Å². The van der Waals surface area contributed by atoms with Crippen LogP contribution >= 0.6 is 0 Å². The van der Waals surface area contributed by atoms with E-state index in [1.165, 1.54) is 11.6 Å². The van der Waals surface area contributed by atoms with Gasteiger partial charge in [0.05, 0.1) is 0 Å². The van der Waals surface area contributed by atoms with Gasteiger partial charge in [0.2, 0.25) is 0 Å². The van der Waals surface area contributed by atoms with Crippen molar-refractivity contribution in [3.63, 3.8) is 0 Å². The smallest absolute Gasteiger partial charge is 0.349 e. The van der Waals surface area contributed by atoms with Crippen molar-refractivity contribution in [2.45, 2.75) is 161 Å². The number of carbonyl (C=O) groups is 4. The van der Waals surface area contributed by atoms with E-state index in [0.717, 1.165) is 102 Å². The molecule has 66 heavy (non-hydrogen) atoms. The van der Waals surface area contributed by atoms with Crippen molar-refractivity contribution in [2.75, 3.05) is 50.4 Å². The van der Waals surface area contributed by atoms with Crippen LogP contribution in [0, 0.1) is 0 Å². The first-order valence-corrected chi connectivity index (χ1v) is 33.0. The first-order valence-electron chi connectivity index (χ1n) is 24.0. The summed E-state index contributed by atoms with van der Waals surface area (Å²) in [7, 11) is -5.04. The number of carbonyl (C=O) groups excluding carboxylic acids is 4. The van der Waals surface area contributed by atoms with Crippen LogP contribution in [-0.2, 0) is 21.3 Å². The van der Waals surface area contributed by atoms with Gasteiger partial charge in [-0.25, -0.2) is 28.8 Å². The highest BCUT2D eigenvalue weighted by atomic mass is 28.5. The summed E-state index contributed by atoms with van der Waals surface area (Å²) in [6.07, 6.45) is 16.1. The minimum atomic E-state index is -2.42. The molecule has 0 fully saturated rings. The van der Waals surface area contributed by atoms with Crippen LogP contribution in [0.25, 0.3) is 0 Å². The van der Waals surface area contributed by atoms with E-state index in [9.17, 15) is 28.8 Å². The molecule has 0 saturated heterocycles. The Bertz CT molecular complexity index is 1880. The third-order valence-corrected chi connectivity index (χ3v) is 22.0. The number of aryl methyl sites for hydroxylation is 2. The zero-order valence-electron chi connectivity index (χ0n) is 41.1. The molecule has 0 radical (unpaired) electrons. The standard InChI is InChI=1S/C43H82N12O8Si3/c1-9-10-11-16-27-49-41(59)51-37-24-33-55(43(61)53-37)31-20-15-13-18-26-46-40(58)48-29-22-35-65(5,6)63-66(7,8)62-64(3,4)34-21-28-47-39(57)45-25-17-12-14-19-30-54-32-23-36(52-42(54)60)50-38(56)44-2/h23-24,32-33H,9-22,25-31,34-35H2,1-8H3,(H2,45,47,57)(H2,46,48,58)(H2,44,50,52,56,60)(H2,49,51,53,59,61). The lowest BCUT2D eigenvalue weighted by molar-refractivity contribution is 0.240. The molecule has 0 aromatic carbocycles. The summed E-state index contributed by atoms with van der Waals surface area (Å²) in [6, 6.07) is 3.86. The summed E-state index contributed by atoms with van der Waals surface area (Å²) in [5.41, 5.74) is -0.810. The monoisotopic (exact) mass is 979 g/mol. The van der Waals surface area contributed by atoms with Gasteiger partial charge >= 0.3 is 44.1 Å². The number of urea groups is 4. The molecule has 0 spiro atoms. The van der Waals surface area contributed by atoms with Crippen LogP contribution in [0.5, 0.6) is 0 Å². The van der Waals surface area contributed by atoms with Gasteiger partial charge in [0.25, 0.3) is 0 Å². The molecule has 2 rings (SSSR count). The molecule has 2 aromatic rings. The zero-order valence-corrected chi connectivity index (χ0v) is 44.1. The summed E-state index contributed by atoms with van der Waals surface area (Å²) in [6.45, 7) is 19.1. The zero-order chi connectivity index (χ0) is 48.9. The second kappa shape index (κ2) is 31.4. The average Bonchev–Trinajstić information content (AvgIpc) is 3.23. The summed E-state index contributed by atoms with van der Waals surface area (Å²) in [5, 5.41) is 22.1. The number of nitrogens with one attached hydrogen (secondary N) is 8. The van der Waals surface area contributed by atoms with Crippen molar-refractivity contribution in [3.8, 4) is 0 Å². The SMILES string of the molecule is CCCCCCNC(=O)Nc1ccn(CCCCCCNC(=O)NCCC[Si](C)(C)O[Si](C)(C)O[Si](C)(C)CCCNC(=O)NCCCCCCn2ccc(NC(=O)NC)nc2=O)c(=O)n1. The molecule has 0 bridgehead atoms. The quantitative estimate of drug-likeness (QED) is 0.0281. The molecule has 0 saturated carbocycles. The number of hydrogen-bond acceptors (Lipinski definition) is 10. The van der Waals surface area contributed by atoms with Crippen molar-refractivity contribution < 1.29 is 27.4 Å². The maximum Gasteiger partial charge on any atom is 0.349 e. The summed E-state index contributed by atoms with van der Waals surface area (Å²) in [4.78, 5) is 80.6. The molecule has 23 heteroatoms. The van der Waals surface area contributed by atoms with Gasteiger partial charge in [-0.3, -0.25) is 19.8 Å². The number of hydrogen-bond donors (Lipinski definition) is 8. The van der Waals surface area contributed by atoms with E-state index in [4.69, 9.17) is 8.23 Å². The van der Waals surface area contributed by atoms with E-state index in [0.29, 0.717) is 45.8 Å². The fourth-order valence-electron chi connectivity index (χ4n) is 7.37. The second-order valence-corrected chi connectivity index (χ2v) is 30.7. The van der Waals surface area contributed by atoms with Crippen molar-refractivity contribution in [3.05, 3.63) is 45.5 Å². The number of aromatic nitrogens is 4. The highest BCUT2D eigenvalue weighted by Crippen LogP contribution is 2.26. The molecule has 20 nitrogen and oxygen atoms in total. The minimum Gasteiger partial charge on any atom is -0.437 e. The number of unbranched alkanes of at least 4 members (excludes halogenated alkanes) is 9. The van der Waals surface area contributed by atoms with E-state index in [2.05, 4.69) is 98.7 Å². The molecule has 0 aliphatic rings. The number of nitrogens with zero attached hydrogens (tertiary/aromatic N) is 4. The molecule has 0 atom stereocenters. The van der Waals surface area contributed by atoms with Gasteiger partial charge in [-0.15, -0.1) is 0 Å². The first-order chi connectivity index (χ1) is 31.3. The molecular weight excluding hydrogens is 897 g/mol. The molecule has 374 valence electrons. The molecule has 0 aliphatic heterocycles. The van der Waals surface area contributed by atoms with Gasteiger partial charge in [0, 0.05) is 65.3 Å². The fraction of sp³-hybridized carbons (Fsp3) is 0.721. The molecule has 8 amide bonds. The van der Waals surface area contributed by atoms with Crippen LogP contribution in [0.2, 0.25) is 51.4 Å². The largest absolute Gasteiger partial charge is 0.437 e. The second-order valence-electron chi connectivity index (χ2n) is 18.2. The highest BCUT2D eigenvalue weighted by molar-refractivity contribution is 6.87. The molecule has 8 N–H and O–H groups in total. The lowest BCUT2D eigenvalue weighted by Gasteiger charge is -2.38. The van der Waals surface area contributed by atoms with Crippen molar-refractivity contribution in [1.82, 2.24) is 51.0 Å². The number of amides is 8. The third-order valence-electron chi connectivity index (χ3n) is 10.5. The van der Waals surface area contributed by atoms with Crippen LogP contribution in [0.3, 0.4) is 0 Å². The Morgan fingerprint density at radius 3 is 1.27 bits per heavy atom. The van der Waals surface area contributed by atoms with Gasteiger partial charge in [0.15, 0.2) is 16.6 Å². The highest BCUT2D eigenvalue weighted by Gasteiger charge is 2.39. The lowest BCUT2D eigenvalue weighted by atomic mass is 10.2. The van der Waals surface area contributed by atoms with Crippen molar-refractivity contribution in [2.24, 2.45) is 0 Å². The molecular formula is C43H82N12O8Si3. The lowest BCUT2D eigenvalue weighted by Crippen LogP contribution is -2.52. The van der Waals surface area contributed by atoms with Crippen LogP contribution in [-0.4, -0.2) is 108 Å². The van der Waals surface area contributed by atoms with Crippen LogP contribution in [0.15, 0.2) is 34.1 Å². The fourth-order valence-corrected chi connectivity index (χ4v) is 21.4. The Hall–Kier alpha value is -4.59. The van der Waals surface area contributed by atoms with Gasteiger partial charge < -0.3 is 40.1 Å². The van der Waals surface area contributed by atoms with Crippen LogP contribution in [0.4, 0.5) is 30.8 Å². The van der Waals surface area contributed by atoms with Crippen molar-refractivity contribution in [1.29, 1.82) is 0 Å². The third kappa shape index (κ3) is 27.1. The van der Waals surface area contributed by atoms with E-state index >= 15 is 0 Å². The molecule has 2 heterocycles. The predicted molar refractivity (Wildman–Crippen MR) is 269 cm³/mol. The van der Waals surface area contributed by atoms with E-state index in [1.807, 2.05) is 0 Å². The maximum atomic E-state index is 12.4. The Morgan fingerprint density at radius 1 is 0.515 bits per heavy atom. The topological polar surface area (TPSA) is 253 Å². The first kappa shape index (κ1) is 57.5. The van der Waals surface area contributed by atoms with E-state index < -0.39 is 42.6 Å². The van der Waals surface area contributed by atoms with Crippen LogP contribution in [0.1, 0.15) is 96.8 Å². The minimum absolute atomic E-state index is 0.176. The van der Waals surface area contributed by atoms with Gasteiger partial charge in [0.1, 0.15) is 11.6 Å². The Morgan fingerprint density at radius 2 is 0.879 bits per heavy atom. The van der Waals surface area contributed by atoms with Gasteiger partial charge in [-0.2, -0.15) is 9.97 Å². The summed E-state index contributed by atoms with van der Waals surface area (Å²) in [5.74, 6) is 0.442. The predicted octanol–water partition coefficient (Wildman–Crippen LogP) is 6.60. The molecule has 2 aromatic heterocycles. The Balaban J connectivity index is 1.50. The molecule has 0 unspecified atom stereocenters. The Labute approximate surface area is 395 Å².